The molecule has 37 heavy (non-hydrogen) atoms. The maximum Gasteiger partial charge on any atom is 0.412 e. The molecule has 0 spiro atoms. The minimum absolute atomic E-state index is 0.0710. The molecule has 0 radical (unpaired) electrons. The van der Waals surface area contributed by atoms with Gasteiger partial charge in [0.15, 0.2) is 0 Å². The van der Waals surface area contributed by atoms with Crippen LogP contribution >= 0.6 is 0 Å². The second kappa shape index (κ2) is 8.15. The zero-order valence-corrected chi connectivity index (χ0v) is 19.6. The van der Waals surface area contributed by atoms with Gasteiger partial charge in [-0.3, -0.25) is 0 Å². The summed E-state index contributed by atoms with van der Waals surface area (Å²) < 4.78 is 39.2. The molecule has 0 bridgehead atoms. The van der Waals surface area contributed by atoms with Crippen LogP contribution in [-0.2, 0) is 0 Å². The van der Waals surface area contributed by atoms with Gasteiger partial charge in [-0.25, -0.2) is 0 Å². The van der Waals surface area contributed by atoms with Crippen molar-refractivity contribution in [1.29, 1.82) is 10.5 Å². The van der Waals surface area contributed by atoms with E-state index >= 15 is 0 Å². The molecule has 178 valence electrons. The smallest absolute Gasteiger partial charge is 0.172 e. The Balaban J connectivity index is 1.66. The van der Waals surface area contributed by atoms with Gasteiger partial charge in [0.1, 0.15) is 0 Å². The average molecular weight is 490 g/mol. The number of hydrogen-bond acceptors (Lipinski definition) is 4. The molecule has 4 nitrogen and oxygen atoms in total. The maximum atomic E-state index is 13.1. The van der Waals surface area contributed by atoms with Gasteiger partial charge < -0.3 is 0 Å². The topological polar surface area (TPSA) is 72.3 Å². The summed E-state index contributed by atoms with van der Waals surface area (Å²) in [5.74, 6) is 0. The van der Waals surface area contributed by atoms with E-state index in [4.69, 9.17) is 0 Å². The van der Waals surface area contributed by atoms with E-state index < -0.39 is 11.7 Å². The molecule has 7 heteroatoms. The van der Waals surface area contributed by atoms with Crippen LogP contribution in [0, 0.1) is 29.8 Å². The molecule has 6 rings (SSSR count). The maximum absolute atomic E-state index is 13.1. The van der Waals surface area contributed by atoms with Crippen molar-refractivity contribution < 1.29 is 13.2 Å². The lowest BCUT2D eigenvalue weighted by Gasteiger charge is -2.17. The van der Waals surface area contributed by atoms with Gasteiger partial charge in [0.2, 0.25) is 12.4 Å². The number of rotatable bonds is 1. The lowest BCUT2D eigenvalue weighted by Crippen LogP contribution is -2.13. The van der Waals surface area contributed by atoms with E-state index in [1.54, 1.807) is 0 Å². The van der Waals surface area contributed by atoms with Crippen LogP contribution in [0.4, 0.5) is 13.2 Å². The molecular formula is C30H17F3N4. The third kappa shape index (κ3) is 3.51. The van der Waals surface area contributed by atoms with Crippen molar-refractivity contribution in [3.05, 3.63) is 88.1 Å². The Morgan fingerprint density at radius 3 is 1.78 bits per heavy atom. The first-order valence-electron chi connectivity index (χ1n) is 11.7. The Hall–Kier alpha value is -4.75. The summed E-state index contributed by atoms with van der Waals surface area (Å²) in [4.78, 5) is 8.28. The first-order valence-corrected chi connectivity index (χ1v) is 11.7. The van der Waals surface area contributed by atoms with Crippen molar-refractivity contribution in [1.82, 2.24) is 0 Å². The van der Waals surface area contributed by atoms with Crippen molar-refractivity contribution in [2.24, 2.45) is 9.98 Å². The third-order valence-corrected chi connectivity index (χ3v) is 7.16. The number of alkyl halides is 3. The summed E-state index contributed by atoms with van der Waals surface area (Å²) >= 11 is 0. The summed E-state index contributed by atoms with van der Waals surface area (Å²) in [5, 5.41) is 26.9. The SMILES string of the molecule is Cc1ccc2c(c1)c(=NC#N)c1cc3c(cc12)c(=NC#N)c1cc(C2=CC=C(C(F)(F)F)CC2)ccc13. The lowest BCUT2D eigenvalue weighted by atomic mass is 9.92. The zero-order valence-electron chi connectivity index (χ0n) is 19.6. The van der Waals surface area contributed by atoms with Crippen molar-refractivity contribution in [3.63, 3.8) is 0 Å². The number of fused-ring (bicyclic) bond motifs is 6. The van der Waals surface area contributed by atoms with E-state index in [1.165, 1.54) is 6.08 Å². The number of aryl methyl sites for hydroxylation is 1. The molecule has 0 saturated carbocycles. The van der Waals surface area contributed by atoms with Gasteiger partial charge in [-0.05, 0) is 76.7 Å². The molecule has 0 aliphatic heterocycles. The molecule has 0 unspecified atom stereocenters. The van der Waals surface area contributed by atoms with Crippen LogP contribution in [0.2, 0.25) is 0 Å². The van der Waals surface area contributed by atoms with Crippen molar-refractivity contribution in [2.45, 2.75) is 25.9 Å². The van der Waals surface area contributed by atoms with Crippen LogP contribution in [0.15, 0.2) is 76.2 Å². The van der Waals surface area contributed by atoms with E-state index in [1.807, 2.05) is 67.8 Å². The monoisotopic (exact) mass is 490 g/mol. The van der Waals surface area contributed by atoms with Gasteiger partial charge in [-0.2, -0.15) is 33.7 Å². The standard InChI is InChI=1S/C30H17F3N4/c1-16-2-8-20-22-12-27-23(13-26(22)28(36-14-34)24(20)10-16)21-9-5-18(11-25(21)29(27)37-15-35)17-3-6-19(7-4-17)30(31,32)33/h2-3,5-6,8-13H,4,7H2,1H3. The van der Waals surface area contributed by atoms with Crippen LogP contribution in [-0.4, -0.2) is 6.18 Å². The van der Waals surface area contributed by atoms with E-state index in [2.05, 4.69) is 9.98 Å². The van der Waals surface area contributed by atoms with E-state index in [9.17, 15) is 23.7 Å². The number of hydrogen-bond donors (Lipinski definition) is 0. The molecule has 5 aromatic carbocycles. The number of benzene rings is 3. The second-order valence-corrected chi connectivity index (χ2v) is 9.26. The summed E-state index contributed by atoms with van der Waals surface area (Å²) in [7, 11) is 0. The Bertz CT molecular complexity index is 2050. The Morgan fingerprint density at radius 2 is 1.24 bits per heavy atom. The summed E-state index contributed by atoms with van der Waals surface area (Å²) in [5.41, 5.74) is 2.13. The van der Waals surface area contributed by atoms with Gasteiger partial charge in [0.05, 0.1) is 10.7 Å². The van der Waals surface area contributed by atoms with Gasteiger partial charge >= 0.3 is 6.18 Å². The fraction of sp³-hybridized carbons (Fsp3) is 0.133. The van der Waals surface area contributed by atoms with Gasteiger partial charge in [-0.15, -0.1) is 0 Å². The molecule has 0 heterocycles. The van der Waals surface area contributed by atoms with Gasteiger partial charge in [-0.1, -0.05) is 42.0 Å². The Labute approximate surface area is 208 Å². The number of nitrogens with zero attached hydrogens (tertiary/aromatic N) is 4. The highest BCUT2D eigenvalue weighted by atomic mass is 19.4. The average Bonchev–Trinajstić information content (AvgIpc) is 3.34. The van der Waals surface area contributed by atoms with Crippen LogP contribution in [0.5, 0.6) is 0 Å². The van der Waals surface area contributed by atoms with Crippen LogP contribution < -0.4 is 10.7 Å². The normalized spacial score (nSPS) is 15.4. The molecule has 0 N–H and O–H groups in total. The Morgan fingerprint density at radius 1 is 0.676 bits per heavy atom. The number of halogens is 3. The fourth-order valence-electron chi connectivity index (χ4n) is 5.45. The predicted molar refractivity (Wildman–Crippen MR) is 137 cm³/mol. The Kier molecular flexibility index (Phi) is 5.00. The van der Waals surface area contributed by atoms with E-state index in [0.717, 1.165) is 65.9 Å². The first-order chi connectivity index (χ1) is 17.8. The highest BCUT2D eigenvalue weighted by molar-refractivity contribution is 6.21. The molecule has 0 saturated heterocycles. The van der Waals surface area contributed by atoms with Crippen LogP contribution in [0.3, 0.4) is 0 Å². The van der Waals surface area contributed by atoms with Crippen molar-refractivity contribution in [3.8, 4) is 12.4 Å². The van der Waals surface area contributed by atoms with E-state index in [0.29, 0.717) is 10.7 Å². The minimum Gasteiger partial charge on any atom is -0.172 e. The van der Waals surface area contributed by atoms with Gasteiger partial charge in [0.25, 0.3) is 0 Å². The molecule has 5 aromatic rings. The quantitative estimate of drug-likeness (QED) is 0.240. The third-order valence-electron chi connectivity index (χ3n) is 7.16. The molecular weight excluding hydrogens is 473 g/mol. The fourth-order valence-corrected chi connectivity index (χ4v) is 5.45. The molecule has 0 amide bonds. The second-order valence-electron chi connectivity index (χ2n) is 9.26. The molecule has 1 aliphatic carbocycles. The zero-order chi connectivity index (χ0) is 25.9. The van der Waals surface area contributed by atoms with Crippen LogP contribution in [0.1, 0.15) is 24.0 Å². The highest BCUT2D eigenvalue weighted by Gasteiger charge is 2.33. The summed E-state index contributed by atoms with van der Waals surface area (Å²) in [6.45, 7) is 1.99. The molecule has 0 aromatic heterocycles. The first kappa shape index (κ1) is 22.7. The largest absolute Gasteiger partial charge is 0.412 e. The van der Waals surface area contributed by atoms with E-state index in [-0.39, 0.29) is 12.8 Å². The van der Waals surface area contributed by atoms with Crippen LogP contribution in [0.25, 0.3) is 48.7 Å². The highest BCUT2D eigenvalue weighted by Crippen LogP contribution is 2.37. The van der Waals surface area contributed by atoms with Gasteiger partial charge in [0, 0.05) is 27.1 Å². The molecule has 1 aliphatic rings. The number of allylic oxidation sites excluding steroid dienone is 4. The van der Waals surface area contributed by atoms with Crippen molar-refractivity contribution >= 4 is 48.7 Å². The predicted octanol–water partition coefficient (Wildman–Crippen LogP) is 6.91. The molecule has 0 atom stereocenters. The number of nitriles is 2. The minimum atomic E-state index is -4.32. The lowest BCUT2D eigenvalue weighted by molar-refractivity contribution is -0.0939. The summed E-state index contributed by atoms with van der Waals surface area (Å²) in [6.07, 6.45) is 2.39. The summed E-state index contributed by atoms with van der Waals surface area (Å²) in [6, 6.07) is 15.7. The van der Waals surface area contributed by atoms with Crippen molar-refractivity contribution in [2.75, 3.05) is 0 Å². The molecule has 0 fully saturated rings.